The van der Waals surface area contributed by atoms with Crippen molar-refractivity contribution in [1.29, 1.82) is 0 Å². The molecule has 1 aromatic carbocycles. The third-order valence-electron chi connectivity index (χ3n) is 3.97. The van der Waals surface area contributed by atoms with Gasteiger partial charge in [-0.2, -0.15) is 4.89 Å². The highest BCUT2D eigenvalue weighted by atomic mass is 17.2. The van der Waals surface area contributed by atoms with Crippen molar-refractivity contribution in [2.24, 2.45) is 0 Å². The fourth-order valence-corrected chi connectivity index (χ4v) is 2.73. The molecule has 3 heteroatoms. The summed E-state index contributed by atoms with van der Waals surface area (Å²) in [5, 5.41) is 0. The van der Waals surface area contributed by atoms with Gasteiger partial charge in [-0.25, -0.2) is 4.79 Å². The molecule has 1 rings (SSSR count). The smallest absolute Gasteiger partial charge is 0.292 e. The molecule has 134 valence electrons. The lowest BCUT2D eigenvalue weighted by molar-refractivity contribution is -0.213. The van der Waals surface area contributed by atoms with Crippen LogP contribution in [-0.4, -0.2) is 5.97 Å². The third kappa shape index (κ3) is 9.71. The molecule has 0 unspecified atom stereocenters. The molecular weight excluding hydrogens is 300 g/mol. The molecule has 0 saturated heterocycles. The van der Waals surface area contributed by atoms with Crippen LogP contribution in [0, 0.1) is 27.4 Å². The maximum Gasteiger partial charge on any atom is 0.373 e. The summed E-state index contributed by atoms with van der Waals surface area (Å²) in [6, 6.07) is 5.62. The minimum absolute atomic E-state index is 0.444. The Bertz CT molecular complexity index is 448. The van der Waals surface area contributed by atoms with Gasteiger partial charge in [-0.1, -0.05) is 81.9 Å². The Morgan fingerprint density at radius 3 is 2.04 bits per heavy atom. The molecule has 2 radical (unpaired) electrons. The number of hydrogen-bond acceptors (Lipinski definition) is 3. The monoisotopic (exact) mass is 332 g/mol. The minimum Gasteiger partial charge on any atom is -0.292 e. The van der Waals surface area contributed by atoms with Gasteiger partial charge >= 0.3 is 5.97 Å². The Kier molecular flexibility index (Phi) is 11.2. The van der Waals surface area contributed by atoms with Crippen molar-refractivity contribution in [2.75, 3.05) is 0 Å². The molecule has 0 aromatic heterocycles. The number of carbonyl (C=O) groups excluding carboxylic acids is 1. The van der Waals surface area contributed by atoms with E-state index in [1.54, 1.807) is 18.7 Å². The van der Waals surface area contributed by atoms with E-state index in [0.29, 0.717) is 5.56 Å². The summed E-state index contributed by atoms with van der Waals surface area (Å²) >= 11 is 0. The fraction of sp³-hybridized carbons (Fsp3) is 0.571. The molecule has 0 heterocycles. The van der Waals surface area contributed by atoms with Crippen molar-refractivity contribution < 1.29 is 14.6 Å². The second kappa shape index (κ2) is 13.0. The van der Waals surface area contributed by atoms with Gasteiger partial charge in [0.2, 0.25) is 0 Å². The van der Waals surface area contributed by atoms with Crippen LogP contribution in [-0.2, 0) is 9.78 Å². The molecule has 0 atom stereocenters. The van der Waals surface area contributed by atoms with Crippen LogP contribution in [0.4, 0.5) is 0 Å². The van der Waals surface area contributed by atoms with E-state index in [9.17, 15) is 4.79 Å². The average molecular weight is 332 g/mol. The lowest BCUT2D eigenvalue weighted by Crippen LogP contribution is -2.05. The van der Waals surface area contributed by atoms with Gasteiger partial charge < -0.3 is 0 Å². The highest BCUT2D eigenvalue weighted by molar-refractivity contribution is 5.89. The van der Waals surface area contributed by atoms with Crippen molar-refractivity contribution in [1.82, 2.24) is 0 Å². The summed E-state index contributed by atoms with van der Waals surface area (Å²) < 4.78 is 0. The Labute approximate surface area is 147 Å². The zero-order valence-electron chi connectivity index (χ0n) is 15.3. The molecule has 0 aliphatic rings. The average Bonchev–Trinajstić information content (AvgIpc) is 2.54. The summed E-state index contributed by atoms with van der Waals surface area (Å²) in [4.78, 5) is 21.6. The van der Waals surface area contributed by atoms with Crippen LogP contribution in [0.1, 0.15) is 85.7 Å². The summed E-state index contributed by atoms with van der Waals surface area (Å²) in [5.41, 5.74) is 2.61. The van der Waals surface area contributed by atoms with Crippen LogP contribution in [0.5, 0.6) is 0 Å². The lowest BCUT2D eigenvalue weighted by atomic mass is 10.1. The second-order valence-corrected chi connectivity index (χ2v) is 6.48. The van der Waals surface area contributed by atoms with E-state index in [4.69, 9.17) is 9.78 Å². The van der Waals surface area contributed by atoms with Gasteiger partial charge in [0.15, 0.2) is 0 Å². The Balaban J connectivity index is 1.97. The largest absolute Gasteiger partial charge is 0.373 e. The van der Waals surface area contributed by atoms with Crippen molar-refractivity contribution in [3.05, 3.63) is 48.4 Å². The van der Waals surface area contributed by atoms with Crippen LogP contribution in [0.25, 0.3) is 0 Å². The predicted molar refractivity (Wildman–Crippen MR) is 98.2 cm³/mol. The predicted octanol–water partition coefficient (Wildman–Crippen LogP) is 6.29. The topological polar surface area (TPSA) is 35.5 Å². The van der Waals surface area contributed by atoms with Gasteiger partial charge in [-0.15, -0.1) is 0 Å². The van der Waals surface area contributed by atoms with Crippen LogP contribution in [0.3, 0.4) is 0 Å². The highest BCUT2D eigenvalue weighted by Gasteiger charge is 2.09. The quantitative estimate of drug-likeness (QED) is 0.242. The number of carbonyl (C=O) groups is 1. The summed E-state index contributed by atoms with van der Waals surface area (Å²) in [6.07, 6.45) is 11.9. The second-order valence-electron chi connectivity index (χ2n) is 6.48. The van der Waals surface area contributed by atoms with Crippen LogP contribution < -0.4 is 0 Å². The van der Waals surface area contributed by atoms with Gasteiger partial charge in [0.1, 0.15) is 6.61 Å². The fourth-order valence-electron chi connectivity index (χ4n) is 2.73. The van der Waals surface area contributed by atoms with Crippen molar-refractivity contribution in [3.8, 4) is 0 Å². The number of unbranched alkanes of at least 4 members (excludes halogenated alkanes) is 9. The summed E-state index contributed by atoms with van der Waals surface area (Å²) in [6.45, 7) is 9.35. The van der Waals surface area contributed by atoms with Gasteiger partial charge in [0.05, 0.1) is 5.56 Å². The number of aryl methyl sites for hydroxylation is 2. The highest BCUT2D eigenvalue weighted by Crippen LogP contribution is 2.13. The van der Waals surface area contributed by atoms with Gasteiger partial charge in [-0.05, 0) is 32.4 Å². The molecular formula is C21H32O3. The standard InChI is InChI=1S/C21H32O3/c1-4-5-6-7-8-9-10-11-12-13-14-23-24-21(22)20-16-18(2)15-19(3)17-20/h14-17H,1,4-13H2,2-3H3. The molecule has 0 amide bonds. The summed E-state index contributed by atoms with van der Waals surface area (Å²) in [7, 11) is 0. The van der Waals surface area contributed by atoms with E-state index in [-0.39, 0.29) is 0 Å². The Morgan fingerprint density at radius 2 is 1.46 bits per heavy atom. The van der Waals surface area contributed by atoms with Crippen LogP contribution >= 0.6 is 0 Å². The maximum absolute atomic E-state index is 11.9. The molecule has 0 fully saturated rings. The first-order valence-electron chi connectivity index (χ1n) is 9.20. The van der Waals surface area contributed by atoms with E-state index >= 15 is 0 Å². The first kappa shape index (κ1) is 20.7. The van der Waals surface area contributed by atoms with Gasteiger partial charge in [-0.3, -0.25) is 4.89 Å². The molecule has 3 nitrogen and oxygen atoms in total. The third-order valence-corrected chi connectivity index (χ3v) is 3.97. The summed E-state index contributed by atoms with van der Waals surface area (Å²) in [5.74, 6) is -0.444. The van der Waals surface area contributed by atoms with Crippen molar-refractivity contribution in [2.45, 2.75) is 78.1 Å². The minimum atomic E-state index is -0.444. The zero-order chi connectivity index (χ0) is 17.6. The van der Waals surface area contributed by atoms with E-state index < -0.39 is 5.97 Å². The van der Waals surface area contributed by atoms with Crippen molar-refractivity contribution in [3.63, 3.8) is 0 Å². The molecule has 0 saturated carbocycles. The van der Waals surface area contributed by atoms with E-state index in [1.165, 1.54) is 44.9 Å². The van der Waals surface area contributed by atoms with Crippen LogP contribution in [0.15, 0.2) is 18.2 Å². The first-order chi connectivity index (χ1) is 11.6. The molecule has 0 aliphatic heterocycles. The molecule has 0 aliphatic carbocycles. The first-order valence-corrected chi connectivity index (χ1v) is 9.20. The van der Waals surface area contributed by atoms with E-state index in [0.717, 1.165) is 30.4 Å². The Morgan fingerprint density at radius 1 is 0.917 bits per heavy atom. The van der Waals surface area contributed by atoms with Crippen molar-refractivity contribution >= 4 is 5.97 Å². The zero-order valence-corrected chi connectivity index (χ0v) is 15.3. The van der Waals surface area contributed by atoms with E-state index in [2.05, 4.69) is 6.92 Å². The van der Waals surface area contributed by atoms with E-state index in [1.807, 2.05) is 19.9 Å². The lowest BCUT2D eigenvalue weighted by Gasteiger charge is -2.05. The number of hydrogen-bond donors (Lipinski definition) is 0. The Hall–Kier alpha value is -1.35. The number of benzene rings is 1. The molecule has 0 bridgehead atoms. The SMILES string of the molecule is [CH2]CCCCCCCCCC[CH]OOC(=O)c1cc(C)cc(C)c1. The molecule has 24 heavy (non-hydrogen) atoms. The molecule has 0 N–H and O–H groups in total. The normalized spacial score (nSPS) is 10.8. The van der Waals surface area contributed by atoms with Crippen LogP contribution in [0.2, 0.25) is 0 Å². The molecule has 1 aromatic rings. The maximum atomic E-state index is 11.9. The van der Waals surface area contributed by atoms with Gasteiger partial charge in [0, 0.05) is 0 Å². The van der Waals surface area contributed by atoms with Gasteiger partial charge in [0.25, 0.3) is 0 Å². The number of rotatable bonds is 13. The molecule has 0 spiro atoms.